The molecule has 52 nitrogen and oxygen atoms in total. The van der Waals surface area contributed by atoms with Gasteiger partial charge in [-0.3, -0.25) is 120 Å². The lowest BCUT2D eigenvalue weighted by atomic mass is 9.83. The number of aliphatic hydroxyl groups is 1. The number of primary amides is 3. The van der Waals surface area contributed by atoms with Crippen LogP contribution in [0.4, 0.5) is 8.78 Å². The van der Waals surface area contributed by atoms with Crippen LogP contribution in [0.3, 0.4) is 0 Å². The fourth-order valence-corrected chi connectivity index (χ4v) is 20.0. The molecule has 10 rings (SSSR count). The van der Waals surface area contributed by atoms with Crippen molar-refractivity contribution in [2.45, 2.75) is 201 Å². The van der Waals surface area contributed by atoms with Gasteiger partial charge in [0, 0.05) is 156 Å². The van der Waals surface area contributed by atoms with Crippen LogP contribution >= 0.6 is 21.6 Å². The summed E-state index contributed by atoms with van der Waals surface area (Å²) in [6.07, 6.45) is 1.87. The zero-order valence-electron chi connectivity index (χ0n) is 82.1. The van der Waals surface area contributed by atoms with Crippen LogP contribution in [0.5, 0.6) is 0 Å². The first-order chi connectivity index (χ1) is 71.4. The Balaban J connectivity index is 0.950. The van der Waals surface area contributed by atoms with E-state index < -0.39 is 290 Å². The van der Waals surface area contributed by atoms with E-state index in [0.717, 1.165) is 30.9 Å². The number of benzene rings is 2. The molecule has 0 spiro atoms. The zero-order chi connectivity index (χ0) is 109. The maximum Gasteiger partial charge on any atom is 0.317 e. The molecule has 4 aromatic heterocycles. The second-order valence-corrected chi connectivity index (χ2v) is 39.6. The van der Waals surface area contributed by atoms with Crippen molar-refractivity contribution < 1.29 is 135 Å². The molecular weight excluding hydrogens is 2010 g/mol. The van der Waals surface area contributed by atoms with Crippen LogP contribution in [0.2, 0.25) is 0 Å². The minimum atomic E-state index is -2.24. The molecule has 2 aromatic carbocycles. The molecule has 7 heterocycles. The van der Waals surface area contributed by atoms with E-state index in [1.807, 2.05) is 0 Å². The molecule has 814 valence electrons. The Morgan fingerprint density at radius 3 is 1.61 bits per heavy atom. The van der Waals surface area contributed by atoms with Gasteiger partial charge in [-0.25, -0.2) is 18.7 Å². The number of imidazole rings is 1. The molecule has 0 bridgehead atoms. The average Bonchev–Trinajstić information content (AvgIpc) is 1.43. The highest BCUT2D eigenvalue weighted by Crippen LogP contribution is 2.31. The molecule has 56 heteroatoms. The number of amides is 17. The Kier molecular flexibility index (Phi) is 44.5. The predicted octanol–water partition coefficient (Wildman–Crippen LogP) is -6.42. The second-order valence-electron chi connectivity index (χ2n) is 37.0. The van der Waals surface area contributed by atoms with Crippen LogP contribution in [0.1, 0.15) is 113 Å². The number of likely N-dealkylation sites (tertiary alicyclic amines) is 1. The van der Waals surface area contributed by atoms with Crippen molar-refractivity contribution in [1.82, 2.24) is 119 Å². The third kappa shape index (κ3) is 36.6. The summed E-state index contributed by atoms with van der Waals surface area (Å²) < 4.78 is 29.2. The molecule has 14 atom stereocenters. The SMILES string of the molecule is CC(=O)N[C@@H](Cc1c[nH]c2ccc(F)cc12)C(=O)N[C@H](C(=O)N[C@H](C(=O)N[C@H]1CSSC[C@@H](C(=O)N[C@@H](Cc2c[nH]c3ncccc23)C(=O)N2CC[C@H]2C(=O)N[C@H](CCCCNC(=O)CN2CCN(CC(=O)O)CCN(CC(=O)O)CCN(CC(=O)O)CC2)C(N)=O)NC(=O)[C@H](CC(=O)O)NC(=O)[C@H](Cc2cnc[nH]2)NC(=O)[C@H](Cc2ccc(F)cc2)NC(=O)[C@H](CC(N)=O)NC(=O)[C@H](CC(N)=O)NC1=O)C1CCCCC1)[C@@H](C)O. The molecule has 0 unspecified atom stereocenters. The number of nitrogens with two attached hydrogens (primary N) is 3. The van der Waals surface area contributed by atoms with Crippen LogP contribution < -0.4 is 86.3 Å². The van der Waals surface area contributed by atoms with Crippen molar-refractivity contribution in [3.63, 3.8) is 0 Å². The largest absolute Gasteiger partial charge is 0.481 e. The fraction of sp³-hybridized carbons (Fsp3) is 0.521. The van der Waals surface area contributed by atoms with E-state index in [-0.39, 0.29) is 135 Å². The molecule has 4 aliphatic rings. The Bertz CT molecular complexity index is 5810. The first kappa shape index (κ1) is 117. The van der Waals surface area contributed by atoms with Gasteiger partial charge < -0.3 is 132 Å². The topological polar surface area (TPSA) is 783 Å². The summed E-state index contributed by atoms with van der Waals surface area (Å²) in [6.45, 7) is 1.87. The summed E-state index contributed by atoms with van der Waals surface area (Å²) in [5.74, 6) is -28.3. The molecule has 3 saturated heterocycles. The third-order valence-electron chi connectivity index (χ3n) is 25.6. The molecule has 1 saturated carbocycles. The first-order valence-electron chi connectivity index (χ1n) is 48.5. The molecule has 3 aliphatic heterocycles. The Morgan fingerprint density at radius 1 is 0.520 bits per heavy atom. The number of H-pyrrole nitrogens is 3. The number of aliphatic hydroxyl groups excluding tert-OH is 1. The molecular formula is C94H126F2N26O26S2. The van der Waals surface area contributed by atoms with Crippen LogP contribution in [0.25, 0.3) is 21.9 Å². The number of aromatic nitrogens is 5. The maximum absolute atomic E-state index is 15.8. The Hall–Kier alpha value is -14.9. The van der Waals surface area contributed by atoms with Crippen molar-refractivity contribution in [2.24, 2.45) is 23.1 Å². The smallest absolute Gasteiger partial charge is 0.317 e. The van der Waals surface area contributed by atoms with Gasteiger partial charge in [0.25, 0.3) is 0 Å². The van der Waals surface area contributed by atoms with Gasteiger partial charge in [-0.15, -0.1) is 0 Å². The number of aliphatic carboxylic acids is 4. The summed E-state index contributed by atoms with van der Waals surface area (Å²) >= 11 is 0. The van der Waals surface area contributed by atoms with Gasteiger partial charge in [0.05, 0.1) is 57.9 Å². The first-order valence-corrected chi connectivity index (χ1v) is 51.0. The predicted molar refractivity (Wildman–Crippen MR) is 531 cm³/mol. The van der Waals surface area contributed by atoms with Crippen molar-refractivity contribution >= 4 is 168 Å². The molecule has 0 radical (unpaired) electrons. The molecule has 4 fully saturated rings. The number of carbonyl (C=O) groups is 21. The van der Waals surface area contributed by atoms with Gasteiger partial charge in [0.15, 0.2) is 0 Å². The van der Waals surface area contributed by atoms with Gasteiger partial charge in [-0.1, -0.05) is 53.0 Å². The standard InChI is InChI=1S/C94H126F2N26O26S2/c1-49(123)79(116-88(142)63(106-50(2)124)32-54-39-103-60-18-17-56(96)34-59(54)60)92(146)117-80(52-9-4-3-5-10-52)93(147)115-70-47-150-149-46-69(114-87(141)67(38-75(128)129)112-84(138)64(35-57-41-100-48-105-57)109-83(137)62(31-51-13-15-55(95)16-14-51)108-85(139)65(36-72(97)125)110-86(140)66(37-73(98)126)111-89(70)143)90(144)113-68(33-53-40-104-82-58(53)11-8-21-102-82)94(148)122-22-19-71(122)91(145)107-61(81(99)136)12-6-7-20-101-74(127)42-118-23-25-119(43-76(130)131)27-29-121(45-78(134)135)30-28-120(26-24-118)44-77(132)133/h8,11,13-18,21,34,39-41,48-49,52,61-71,79-80,103,123H,3-7,9-10,12,19-20,22-33,35-38,42-47H2,1-2H3,(H2,97,125)(H2,98,126)(H2,99,136)(H,100,105)(H,101,127)(H,102,104)(H,106,124)(H,107,145)(H,108,139)(H,109,137)(H,110,140)(H,111,143)(H,112,138)(H,113,144)(H,114,141)(H,115,147)(H,116,142)(H,117,146)(H,128,129)(H,130,131)(H,132,133)(H,134,135)/t49-,61-,62+,63+,64+,65+,66+,67+,68+,69+,70+,71+,79+,80+/m1/s1. The minimum Gasteiger partial charge on any atom is -0.481 e. The summed E-state index contributed by atoms with van der Waals surface area (Å²) in [7, 11) is 1.26. The van der Waals surface area contributed by atoms with Crippen LogP contribution in [0, 0.1) is 17.6 Å². The molecule has 1 aliphatic carbocycles. The van der Waals surface area contributed by atoms with Gasteiger partial charge >= 0.3 is 23.9 Å². The number of unbranched alkanes of at least 4 members (excludes halogenated alkanes) is 1. The normalized spacial score (nSPS) is 21.1. The van der Waals surface area contributed by atoms with E-state index >= 15 is 33.6 Å². The average molecular weight is 2140 g/mol. The van der Waals surface area contributed by atoms with Crippen LogP contribution in [0.15, 0.2) is 85.7 Å². The number of carbonyl (C=O) groups excluding carboxylic acids is 17. The highest BCUT2D eigenvalue weighted by Gasteiger charge is 2.45. The number of halogens is 2. The minimum absolute atomic E-state index is 0.0289. The van der Waals surface area contributed by atoms with Crippen molar-refractivity contribution in [3.8, 4) is 0 Å². The van der Waals surface area contributed by atoms with E-state index in [0.29, 0.717) is 73.9 Å². The number of carboxylic acids is 4. The number of hydrogen-bond donors (Lipinski definition) is 24. The monoisotopic (exact) mass is 2140 g/mol. The number of rotatable bonds is 42. The van der Waals surface area contributed by atoms with Gasteiger partial charge in [-0.05, 0) is 111 Å². The lowest BCUT2D eigenvalue weighted by Gasteiger charge is -2.42. The van der Waals surface area contributed by atoms with E-state index in [2.05, 4.69) is 94.0 Å². The van der Waals surface area contributed by atoms with E-state index in [9.17, 15) is 101 Å². The third-order valence-corrected chi connectivity index (χ3v) is 28.0. The van der Waals surface area contributed by atoms with Crippen molar-refractivity contribution in [3.05, 3.63) is 120 Å². The number of nitrogens with one attached hydrogen (secondary N) is 16. The number of carboxylic acid groups (broad SMARTS) is 4. The van der Waals surface area contributed by atoms with E-state index in [1.165, 1.54) is 61.4 Å². The summed E-state index contributed by atoms with van der Waals surface area (Å²) in [4.78, 5) is 320. The number of pyridine rings is 1. The number of aromatic amines is 3. The summed E-state index contributed by atoms with van der Waals surface area (Å²) in [5.41, 5.74) is 19.0. The number of fused-ring (bicyclic) bond motifs is 2. The quantitative estimate of drug-likeness (QED) is 0.0125. The highest BCUT2D eigenvalue weighted by atomic mass is 33.1. The van der Waals surface area contributed by atoms with E-state index in [4.69, 9.17) is 17.2 Å². The number of hydrogen-bond acceptors (Lipinski definition) is 30. The molecule has 6 aromatic rings. The Morgan fingerprint density at radius 2 is 1.05 bits per heavy atom. The Labute approximate surface area is 864 Å². The van der Waals surface area contributed by atoms with Crippen molar-refractivity contribution in [2.75, 3.05) is 103 Å². The number of nitrogens with zero attached hydrogens (tertiary/aromatic N) is 7. The van der Waals surface area contributed by atoms with Crippen molar-refractivity contribution in [1.29, 1.82) is 0 Å². The van der Waals surface area contributed by atoms with E-state index in [1.54, 1.807) is 31.7 Å². The maximum atomic E-state index is 15.8. The highest BCUT2D eigenvalue weighted by molar-refractivity contribution is 8.76. The molecule has 150 heavy (non-hydrogen) atoms. The molecule has 17 amide bonds. The summed E-state index contributed by atoms with van der Waals surface area (Å²) in [5, 5.41) is 84.1. The van der Waals surface area contributed by atoms with Gasteiger partial charge in [-0.2, -0.15) is 0 Å². The zero-order valence-corrected chi connectivity index (χ0v) is 83.7. The summed E-state index contributed by atoms with van der Waals surface area (Å²) in [6, 6.07) is -12.7. The van der Waals surface area contributed by atoms with Gasteiger partial charge in [0.2, 0.25) is 100 Å². The van der Waals surface area contributed by atoms with Crippen LogP contribution in [-0.4, -0.2) is 387 Å². The second kappa shape index (κ2) is 57.0. The van der Waals surface area contributed by atoms with Crippen LogP contribution in [-0.2, 0) is 126 Å². The lowest BCUT2D eigenvalue weighted by Crippen LogP contribution is -2.65. The fourth-order valence-electron chi connectivity index (χ4n) is 17.6. The van der Waals surface area contributed by atoms with Gasteiger partial charge in [0.1, 0.15) is 95.8 Å². The molecule has 27 N–H and O–H groups in total. The lowest BCUT2D eigenvalue weighted by molar-refractivity contribution is -0.150.